The molecule has 2 rings (SSSR count). The first-order valence-electron chi connectivity index (χ1n) is 7.45. The van der Waals surface area contributed by atoms with Crippen molar-refractivity contribution < 1.29 is 9.53 Å². The number of ether oxygens (including phenoxy) is 1. The molecule has 2 atom stereocenters. The summed E-state index contributed by atoms with van der Waals surface area (Å²) in [4.78, 5) is 16.6. The summed E-state index contributed by atoms with van der Waals surface area (Å²) in [6.07, 6.45) is 1.18. The second kappa shape index (κ2) is 6.68. The van der Waals surface area contributed by atoms with E-state index < -0.39 is 0 Å². The Morgan fingerprint density at radius 2 is 2.21 bits per heavy atom. The van der Waals surface area contributed by atoms with Gasteiger partial charge in [-0.05, 0) is 33.7 Å². The first kappa shape index (κ1) is 14.8. The zero-order valence-corrected chi connectivity index (χ0v) is 12.4. The van der Waals surface area contributed by atoms with Crippen LogP contribution in [0.2, 0.25) is 0 Å². The van der Waals surface area contributed by atoms with Crippen LogP contribution in [0.1, 0.15) is 27.2 Å². The molecule has 2 aliphatic rings. The van der Waals surface area contributed by atoms with Gasteiger partial charge in [-0.15, -0.1) is 0 Å². The van der Waals surface area contributed by atoms with E-state index in [4.69, 9.17) is 4.74 Å². The van der Waals surface area contributed by atoms with Gasteiger partial charge in [0.25, 0.3) is 0 Å². The van der Waals surface area contributed by atoms with Gasteiger partial charge < -0.3 is 15.0 Å². The number of hydrogen-bond acceptors (Lipinski definition) is 4. The minimum atomic E-state index is -0.0627. The molecule has 2 fully saturated rings. The standard InChI is InChI=1S/C14H27N3O2/c1-11(2)16-7-8-19-13(9-16)10-17-6-4-5-15-12(3)14(17)18/h11-13,15H,4-10H2,1-3H3. The average Bonchev–Trinajstić information content (AvgIpc) is 2.55. The quantitative estimate of drug-likeness (QED) is 0.801. The van der Waals surface area contributed by atoms with E-state index >= 15 is 0 Å². The Labute approximate surface area is 116 Å². The molecule has 0 saturated carbocycles. The van der Waals surface area contributed by atoms with E-state index in [0.717, 1.165) is 45.8 Å². The first-order valence-corrected chi connectivity index (χ1v) is 7.45. The van der Waals surface area contributed by atoms with Crippen LogP contribution in [0.25, 0.3) is 0 Å². The summed E-state index contributed by atoms with van der Waals surface area (Å²) in [5.74, 6) is 0.211. The summed E-state index contributed by atoms with van der Waals surface area (Å²) in [7, 11) is 0. The van der Waals surface area contributed by atoms with Gasteiger partial charge in [-0.3, -0.25) is 9.69 Å². The van der Waals surface area contributed by atoms with Gasteiger partial charge in [0, 0.05) is 32.2 Å². The van der Waals surface area contributed by atoms with Gasteiger partial charge in [-0.2, -0.15) is 0 Å². The molecule has 2 unspecified atom stereocenters. The minimum Gasteiger partial charge on any atom is -0.374 e. The molecule has 1 N–H and O–H groups in total. The number of carbonyl (C=O) groups is 1. The number of morpholine rings is 1. The minimum absolute atomic E-state index is 0.0627. The maximum Gasteiger partial charge on any atom is 0.239 e. The molecule has 0 aromatic heterocycles. The number of rotatable bonds is 3. The maximum absolute atomic E-state index is 12.2. The SMILES string of the molecule is CC1NCCCN(CC2CN(C(C)C)CCO2)C1=O. The predicted octanol–water partition coefficient (Wildman–Crippen LogP) is 0.306. The molecule has 2 heterocycles. The molecule has 19 heavy (non-hydrogen) atoms. The van der Waals surface area contributed by atoms with Crippen LogP contribution in [0.5, 0.6) is 0 Å². The molecule has 1 amide bonds. The fourth-order valence-electron chi connectivity index (χ4n) is 2.81. The molecule has 0 aromatic rings. The topological polar surface area (TPSA) is 44.8 Å². The van der Waals surface area contributed by atoms with Crippen molar-refractivity contribution in [2.24, 2.45) is 0 Å². The van der Waals surface area contributed by atoms with Gasteiger partial charge in [0.1, 0.15) is 0 Å². The van der Waals surface area contributed by atoms with E-state index in [0.29, 0.717) is 6.04 Å². The number of carbonyl (C=O) groups excluding carboxylic acids is 1. The molecule has 0 spiro atoms. The number of hydrogen-bond donors (Lipinski definition) is 1. The summed E-state index contributed by atoms with van der Waals surface area (Å²) in [5.41, 5.74) is 0. The van der Waals surface area contributed by atoms with Crippen molar-refractivity contribution in [1.82, 2.24) is 15.1 Å². The van der Waals surface area contributed by atoms with Crippen LogP contribution in [0.15, 0.2) is 0 Å². The third-order valence-corrected chi connectivity index (χ3v) is 4.06. The van der Waals surface area contributed by atoms with Crippen LogP contribution >= 0.6 is 0 Å². The molecule has 0 aromatic carbocycles. The lowest BCUT2D eigenvalue weighted by molar-refractivity contribution is -0.135. The largest absolute Gasteiger partial charge is 0.374 e. The molecule has 2 aliphatic heterocycles. The van der Waals surface area contributed by atoms with Crippen molar-refractivity contribution in [3.05, 3.63) is 0 Å². The maximum atomic E-state index is 12.2. The van der Waals surface area contributed by atoms with E-state index in [1.54, 1.807) is 0 Å². The molecular weight excluding hydrogens is 242 g/mol. The van der Waals surface area contributed by atoms with Crippen molar-refractivity contribution in [2.45, 2.75) is 45.4 Å². The van der Waals surface area contributed by atoms with Gasteiger partial charge >= 0.3 is 0 Å². The van der Waals surface area contributed by atoms with Crippen LogP contribution in [0.3, 0.4) is 0 Å². The molecule has 0 radical (unpaired) electrons. The Morgan fingerprint density at radius 3 is 2.95 bits per heavy atom. The number of nitrogens with one attached hydrogen (secondary N) is 1. The molecular formula is C14H27N3O2. The normalized spacial score (nSPS) is 30.7. The zero-order valence-electron chi connectivity index (χ0n) is 12.4. The third kappa shape index (κ3) is 3.91. The van der Waals surface area contributed by atoms with Gasteiger partial charge in [-0.25, -0.2) is 0 Å². The van der Waals surface area contributed by atoms with Crippen molar-refractivity contribution >= 4 is 5.91 Å². The van der Waals surface area contributed by atoms with Crippen molar-refractivity contribution in [3.63, 3.8) is 0 Å². The Hall–Kier alpha value is -0.650. The van der Waals surface area contributed by atoms with E-state index in [2.05, 4.69) is 24.1 Å². The second-order valence-corrected chi connectivity index (χ2v) is 5.90. The first-order chi connectivity index (χ1) is 9.08. The number of amides is 1. The van der Waals surface area contributed by atoms with E-state index in [1.165, 1.54) is 0 Å². The Morgan fingerprint density at radius 1 is 1.42 bits per heavy atom. The van der Waals surface area contributed by atoms with Crippen LogP contribution in [-0.4, -0.2) is 73.2 Å². The number of nitrogens with zero attached hydrogens (tertiary/aromatic N) is 2. The monoisotopic (exact) mass is 269 g/mol. The van der Waals surface area contributed by atoms with Crippen molar-refractivity contribution in [1.29, 1.82) is 0 Å². The predicted molar refractivity (Wildman–Crippen MR) is 75.1 cm³/mol. The molecule has 5 nitrogen and oxygen atoms in total. The van der Waals surface area contributed by atoms with E-state index in [9.17, 15) is 4.79 Å². The van der Waals surface area contributed by atoms with Crippen LogP contribution in [0.4, 0.5) is 0 Å². The van der Waals surface area contributed by atoms with Gasteiger partial charge in [0.05, 0.1) is 18.8 Å². The summed E-state index contributed by atoms with van der Waals surface area (Å²) in [6.45, 7) is 11.6. The van der Waals surface area contributed by atoms with E-state index in [-0.39, 0.29) is 18.1 Å². The van der Waals surface area contributed by atoms with Crippen LogP contribution < -0.4 is 5.32 Å². The molecule has 2 saturated heterocycles. The Balaban J connectivity index is 1.90. The third-order valence-electron chi connectivity index (χ3n) is 4.06. The summed E-state index contributed by atoms with van der Waals surface area (Å²) in [5, 5.41) is 3.25. The average molecular weight is 269 g/mol. The van der Waals surface area contributed by atoms with Crippen LogP contribution in [0, 0.1) is 0 Å². The fourth-order valence-corrected chi connectivity index (χ4v) is 2.81. The van der Waals surface area contributed by atoms with E-state index in [1.807, 2.05) is 11.8 Å². The Kier molecular flexibility index (Phi) is 5.19. The van der Waals surface area contributed by atoms with Gasteiger partial charge in [-0.1, -0.05) is 0 Å². The molecule has 110 valence electrons. The molecule has 0 bridgehead atoms. The second-order valence-electron chi connectivity index (χ2n) is 5.90. The zero-order chi connectivity index (χ0) is 13.8. The highest BCUT2D eigenvalue weighted by molar-refractivity contribution is 5.81. The van der Waals surface area contributed by atoms with Gasteiger partial charge in [0.15, 0.2) is 0 Å². The fraction of sp³-hybridized carbons (Fsp3) is 0.929. The summed E-state index contributed by atoms with van der Waals surface area (Å²) in [6, 6.07) is 0.485. The summed E-state index contributed by atoms with van der Waals surface area (Å²) >= 11 is 0. The van der Waals surface area contributed by atoms with Crippen molar-refractivity contribution in [3.8, 4) is 0 Å². The lowest BCUT2D eigenvalue weighted by Crippen LogP contribution is -2.52. The highest BCUT2D eigenvalue weighted by atomic mass is 16.5. The lowest BCUT2D eigenvalue weighted by Gasteiger charge is -2.37. The molecule has 0 aliphatic carbocycles. The van der Waals surface area contributed by atoms with Gasteiger partial charge in [0.2, 0.25) is 5.91 Å². The Bertz CT molecular complexity index is 309. The highest BCUT2D eigenvalue weighted by Crippen LogP contribution is 2.12. The lowest BCUT2D eigenvalue weighted by atomic mass is 10.2. The van der Waals surface area contributed by atoms with Crippen LogP contribution in [-0.2, 0) is 9.53 Å². The molecule has 5 heteroatoms. The summed E-state index contributed by atoms with van der Waals surface area (Å²) < 4.78 is 5.83. The smallest absolute Gasteiger partial charge is 0.239 e. The van der Waals surface area contributed by atoms with Crippen molar-refractivity contribution in [2.75, 3.05) is 39.3 Å². The highest BCUT2D eigenvalue weighted by Gasteiger charge is 2.28.